The quantitative estimate of drug-likeness (QED) is 0.639. The Labute approximate surface area is 101 Å². The van der Waals surface area contributed by atoms with E-state index in [0.717, 1.165) is 19.4 Å². The van der Waals surface area contributed by atoms with E-state index in [2.05, 4.69) is 10.3 Å². The van der Waals surface area contributed by atoms with Gasteiger partial charge in [0.15, 0.2) is 0 Å². The molecule has 0 unspecified atom stereocenters. The van der Waals surface area contributed by atoms with Gasteiger partial charge in [-0.1, -0.05) is 0 Å². The van der Waals surface area contributed by atoms with Gasteiger partial charge in [0.1, 0.15) is 0 Å². The molecule has 7 heteroatoms. The Balaban J connectivity index is 2.26. The molecule has 0 bridgehead atoms. The van der Waals surface area contributed by atoms with Crippen LogP contribution in [0.4, 0.5) is 5.69 Å². The molecule has 92 valence electrons. The molecule has 0 amide bonds. The van der Waals surface area contributed by atoms with Crippen molar-refractivity contribution in [1.82, 2.24) is 10.3 Å². The summed E-state index contributed by atoms with van der Waals surface area (Å²) in [5.41, 5.74) is -0.156. The monoisotopic (exact) mass is 255 g/mol. The molecule has 6 nitrogen and oxygen atoms in total. The van der Waals surface area contributed by atoms with Gasteiger partial charge >= 0.3 is 5.69 Å². The van der Waals surface area contributed by atoms with E-state index in [1.54, 1.807) is 0 Å². The fourth-order valence-electron chi connectivity index (χ4n) is 1.84. The minimum atomic E-state index is -1.42. The lowest BCUT2D eigenvalue weighted by Gasteiger charge is -2.21. The van der Waals surface area contributed by atoms with Gasteiger partial charge in [0.25, 0.3) is 0 Å². The van der Waals surface area contributed by atoms with E-state index in [4.69, 9.17) is 0 Å². The summed E-state index contributed by atoms with van der Waals surface area (Å²) < 4.78 is 12.2. The summed E-state index contributed by atoms with van der Waals surface area (Å²) in [4.78, 5) is 14.2. The molecule has 1 N–H and O–H groups in total. The largest absolute Gasteiger partial charge is 0.316 e. The third-order valence-corrected chi connectivity index (χ3v) is 4.40. The predicted octanol–water partition coefficient (Wildman–Crippen LogP) is 0.849. The number of pyridine rings is 1. The molecule has 2 atom stereocenters. The van der Waals surface area contributed by atoms with E-state index in [0.29, 0.717) is 6.54 Å². The van der Waals surface area contributed by atoms with Crippen LogP contribution in [0.1, 0.15) is 12.8 Å². The summed E-state index contributed by atoms with van der Waals surface area (Å²) in [6.45, 7) is 1.54. The Hall–Kier alpha value is -1.34. The molecule has 17 heavy (non-hydrogen) atoms. The van der Waals surface area contributed by atoms with E-state index in [1.807, 2.05) is 0 Å². The Morgan fingerprint density at radius 2 is 2.41 bits per heavy atom. The van der Waals surface area contributed by atoms with Crippen LogP contribution in [-0.4, -0.2) is 32.5 Å². The van der Waals surface area contributed by atoms with E-state index in [1.165, 1.54) is 18.3 Å². The zero-order valence-corrected chi connectivity index (χ0v) is 9.98. The SMILES string of the molecule is O=[N+]([O-])c1cccnc1[S@@](=O)[C@@H]1CCCNC1. The van der Waals surface area contributed by atoms with Crippen LogP contribution >= 0.6 is 0 Å². The predicted molar refractivity (Wildman–Crippen MR) is 63.2 cm³/mol. The molecule has 0 aliphatic carbocycles. The van der Waals surface area contributed by atoms with E-state index in [-0.39, 0.29) is 16.0 Å². The molecule has 1 fully saturated rings. The first-order valence-corrected chi connectivity index (χ1v) is 6.62. The van der Waals surface area contributed by atoms with E-state index < -0.39 is 15.7 Å². The second-order valence-electron chi connectivity index (χ2n) is 3.85. The maximum absolute atomic E-state index is 12.2. The minimum Gasteiger partial charge on any atom is -0.316 e. The van der Waals surface area contributed by atoms with Gasteiger partial charge in [-0.2, -0.15) is 0 Å². The first-order valence-electron chi connectivity index (χ1n) is 5.41. The Morgan fingerprint density at radius 1 is 1.59 bits per heavy atom. The van der Waals surface area contributed by atoms with Crippen LogP contribution in [0.3, 0.4) is 0 Å². The van der Waals surface area contributed by atoms with Crippen molar-refractivity contribution in [3.63, 3.8) is 0 Å². The molecule has 1 aliphatic heterocycles. The molecular formula is C10H13N3O3S. The average Bonchev–Trinajstić information content (AvgIpc) is 2.39. The summed E-state index contributed by atoms with van der Waals surface area (Å²) in [7, 11) is -1.42. The van der Waals surface area contributed by atoms with Crippen LogP contribution < -0.4 is 5.32 Å². The first-order chi connectivity index (χ1) is 8.20. The van der Waals surface area contributed by atoms with Crippen LogP contribution in [0.2, 0.25) is 0 Å². The van der Waals surface area contributed by atoms with Gasteiger partial charge in [0.05, 0.1) is 21.0 Å². The van der Waals surface area contributed by atoms with Gasteiger partial charge in [-0.25, -0.2) is 4.98 Å². The lowest BCUT2D eigenvalue weighted by Crippen LogP contribution is -2.36. The highest BCUT2D eigenvalue weighted by Gasteiger charge is 2.27. The molecule has 1 aliphatic rings. The molecular weight excluding hydrogens is 242 g/mol. The van der Waals surface area contributed by atoms with Crippen molar-refractivity contribution in [1.29, 1.82) is 0 Å². The normalized spacial score (nSPS) is 22.0. The van der Waals surface area contributed by atoms with Crippen molar-refractivity contribution in [3.05, 3.63) is 28.4 Å². The third kappa shape index (κ3) is 2.67. The number of aromatic nitrogens is 1. The van der Waals surface area contributed by atoms with Crippen LogP contribution in [0.15, 0.2) is 23.4 Å². The number of nitro groups is 1. The Kier molecular flexibility index (Phi) is 3.80. The summed E-state index contributed by atoms with van der Waals surface area (Å²) in [5.74, 6) is 0. The Bertz CT molecular complexity index is 446. The first kappa shape index (κ1) is 12.1. The van der Waals surface area contributed by atoms with Gasteiger partial charge < -0.3 is 5.32 Å². The van der Waals surface area contributed by atoms with Crippen molar-refractivity contribution in [2.45, 2.75) is 23.1 Å². The van der Waals surface area contributed by atoms with E-state index in [9.17, 15) is 14.3 Å². The summed E-state index contributed by atoms with van der Waals surface area (Å²) in [5, 5.41) is 14.0. The summed E-state index contributed by atoms with van der Waals surface area (Å²) >= 11 is 0. The Morgan fingerprint density at radius 3 is 3.06 bits per heavy atom. The molecule has 0 radical (unpaired) electrons. The average molecular weight is 255 g/mol. The lowest BCUT2D eigenvalue weighted by molar-refractivity contribution is -0.388. The minimum absolute atomic E-state index is 0.0858. The van der Waals surface area contributed by atoms with Crippen LogP contribution in [0, 0.1) is 10.1 Å². The maximum Gasteiger partial charge on any atom is 0.303 e. The highest BCUT2D eigenvalue weighted by Crippen LogP contribution is 2.23. The lowest BCUT2D eigenvalue weighted by atomic mass is 10.2. The fraction of sp³-hybridized carbons (Fsp3) is 0.500. The van der Waals surface area contributed by atoms with Gasteiger partial charge in [0.2, 0.25) is 5.03 Å². The van der Waals surface area contributed by atoms with Crippen molar-refractivity contribution >= 4 is 16.5 Å². The fourth-order valence-corrected chi connectivity index (χ4v) is 3.32. The molecule has 1 aromatic rings. The molecule has 0 aromatic carbocycles. The van der Waals surface area contributed by atoms with Crippen LogP contribution in [0.5, 0.6) is 0 Å². The molecule has 0 spiro atoms. The van der Waals surface area contributed by atoms with Crippen molar-refractivity contribution in [2.24, 2.45) is 0 Å². The van der Waals surface area contributed by atoms with Crippen molar-refractivity contribution in [2.75, 3.05) is 13.1 Å². The zero-order chi connectivity index (χ0) is 12.3. The molecule has 1 saturated heterocycles. The van der Waals surface area contributed by atoms with Gasteiger partial charge in [-0.05, 0) is 25.5 Å². The van der Waals surface area contributed by atoms with Crippen molar-refractivity contribution < 1.29 is 9.13 Å². The van der Waals surface area contributed by atoms with Crippen LogP contribution in [-0.2, 0) is 10.8 Å². The number of nitrogens with zero attached hydrogens (tertiary/aromatic N) is 2. The second kappa shape index (κ2) is 5.33. The van der Waals surface area contributed by atoms with Gasteiger partial charge in [-0.15, -0.1) is 0 Å². The highest BCUT2D eigenvalue weighted by molar-refractivity contribution is 7.85. The molecule has 2 heterocycles. The smallest absolute Gasteiger partial charge is 0.303 e. The molecule has 2 rings (SSSR count). The maximum atomic E-state index is 12.2. The topological polar surface area (TPSA) is 85.1 Å². The number of piperidine rings is 1. The van der Waals surface area contributed by atoms with Gasteiger partial charge in [0, 0.05) is 18.8 Å². The van der Waals surface area contributed by atoms with Gasteiger partial charge in [-0.3, -0.25) is 14.3 Å². The molecule has 1 aromatic heterocycles. The summed E-state index contributed by atoms with van der Waals surface area (Å²) in [6.07, 6.45) is 3.20. The highest BCUT2D eigenvalue weighted by atomic mass is 32.2. The number of rotatable bonds is 3. The third-order valence-electron chi connectivity index (χ3n) is 2.69. The standard InChI is InChI=1S/C10H13N3O3S/c14-13(15)9-4-2-6-12-10(9)17(16)8-3-1-5-11-7-8/h2,4,6,8,11H,1,3,5,7H2/t8-,17+/m1/s1. The number of hydrogen-bond acceptors (Lipinski definition) is 5. The summed E-state index contributed by atoms with van der Waals surface area (Å²) in [6, 6.07) is 2.83. The van der Waals surface area contributed by atoms with E-state index >= 15 is 0 Å². The second-order valence-corrected chi connectivity index (χ2v) is 5.50. The molecule has 0 saturated carbocycles. The zero-order valence-electron chi connectivity index (χ0n) is 9.17. The number of hydrogen-bond donors (Lipinski definition) is 1. The number of nitrogens with one attached hydrogen (secondary N) is 1. The van der Waals surface area contributed by atoms with Crippen LogP contribution in [0.25, 0.3) is 0 Å². The van der Waals surface area contributed by atoms with Crippen molar-refractivity contribution in [3.8, 4) is 0 Å².